The Bertz CT molecular complexity index is 1310. The van der Waals surface area contributed by atoms with Gasteiger partial charge >= 0.3 is 0 Å². The first-order valence-electron chi connectivity index (χ1n) is 12.7. The molecule has 2 N–H and O–H groups in total. The Morgan fingerprint density at radius 2 is 1.66 bits per heavy atom. The average Bonchev–Trinajstić information content (AvgIpc) is 3.34. The standard InChI is InChI=1S/C28H32FN5O4/c1-4-14-34-26(36)24-23(25(35)30-15-20-8-12-22(13-9-20)38-5-2)32-18-33(24)17-28(34,3)27(37)31-16-19-6-10-21(29)11-7-19/h6-13,18H,4-5,14-17H2,1-3H3,(H,30,35)(H,31,37)/t28-/m1/s1. The van der Waals surface area contributed by atoms with Crippen molar-refractivity contribution < 1.29 is 23.5 Å². The van der Waals surface area contributed by atoms with Crippen LogP contribution in [-0.2, 0) is 24.4 Å². The largest absolute Gasteiger partial charge is 0.494 e. The summed E-state index contributed by atoms with van der Waals surface area (Å²) in [5, 5.41) is 5.69. The molecule has 0 saturated carbocycles. The molecule has 1 atom stereocenters. The van der Waals surface area contributed by atoms with E-state index in [1.165, 1.54) is 23.4 Å². The molecule has 4 rings (SSSR count). The molecule has 2 heterocycles. The van der Waals surface area contributed by atoms with Crippen LogP contribution in [0.15, 0.2) is 54.9 Å². The van der Waals surface area contributed by atoms with E-state index in [0.29, 0.717) is 19.6 Å². The lowest BCUT2D eigenvalue weighted by Gasteiger charge is -2.43. The highest BCUT2D eigenvalue weighted by atomic mass is 19.1. The summed E-state index contributed by atoms with van der Waals surface area (Å²) in [4.78, 5) is 45.8. The van der Waals surface area contributed by atoms with Crippen LogP contribution in [0, 0.1) is 5.82 Å². The van der Waals surface area contributed by atoms with Gasteiger partial charge in [-0.1, -0.05) is 31.2 Å². The van der Waals surface area contributed by atoms with E-state index in [1.54, 1.807) is 23.6 Å². The van der Waals surface area contributed by atoms with E-state index >= 15 is 0 Å². The summed E-state index contributed by atoms with van der Waals surface area (Å²) in [5.74, 6) is -0.851. The summed E-state index contributed by atoms with van der Waals surface area (Å²) in [5.41, 5.74) is 0.598. The predicted octanol–water partition coefficient (Wildman–Crippen LogP) is 3.29. The van der Waals surface area contributed by atoms with Gasteiger partial charge in [0.05, 0.1) is 19.5 Å². The number of imidazole rings is 1. The molecule has 3 amide bonds. The third-order valence-electron chi connectivity index (χ3n) is 6.56. The highest BCUT2D eigenvalue weighted by Crippen LogP contribution is 2.29. The first-order chi connectivity index (χ1) is 18.3. The van der Waals surface area contributed by atoms with E-state index in [0.717, 1.165) is 16.9 Å². The van der Waals surface area contributed by atoms with E-state index in [-0.39, 0.29) is 42.7 Å². The number of rotatable bonds is 10. The molecule has 200 valence electrons. The zero-order valence-electron chi connectivity index (χ0n) is 21.8. The number of amides is 3. The first kappa shape index (κ1) is 26.8. The minimum absolute atomic E-state index is 0.0239. The summed E-state index contributed by atoms with van der Waals surface area (Å²) in [6.45, 7) is 7.02. The van der Waals surface area contributed by atoms with Gasteiger partial charge in [0.15, 0.2) is 5.69 Å². The van der Waals surface area contributed by atoms with Crippen molar-refractivity contribution in [2.24, 2.45) is 0 Å². The molecule has 3 aromatic rings. The number of nitrogens with zero attached hydrogens (tertiary/aromatic N) is 3. The normalized spacial score (nSPS) is 16.6. The number of ether oxygens (including phenoxy) is 1. The van der Waals surface area contributed by atoms with Gasteiger partial charge in [0.2, 0.25) is 5.91 Å². The van der Waals surface area contributed by atoms with Gasteiger partial charge in [-0.05, 0) is 55.7 Å². The van der Waals surface area contributed by atoms with Crippen LogP contribution in [0.4, 0.5) is 4.39 Å². The molecule has 9 nitrogen and oxygen atoms in total. The lowest BCUT2D eigenvalue weighted by atomic mass is 9.94. The number of carbonyl (C=O) groups excluding carboxylic acids is 3. The third kappa shape index (κ3) is 5.53. The molecule has 2 aromatic carbocycles. The van der Waals surface area contributed by atoms with Gasteiger partial charge in [-0.3, -0.25) is 14.4 Å². The Morgan fingerprint density at radius 3 is 2.29 bits per heavy atom. The second-order valence-corrected chi connectivity index (χ2v) is 9.37. The van der Waals surface area contributed by atoms with Gasteiger partial charge in [-0.25, -0.2) is 9.37 Å². The summed E-state index contributed by atoms with van der Waals surface area (Å²) in [6.07, 6.45) is 2.05. The number of hydrogen-bond donors (Lipinski definition) is 2. The number of hydrogen-bond acceptors (Lipinski definition) is 5. The van der Waals surface area contributed by atoms with Crippen LogP contribution in [-0.4, -0.2) is 50.9 Å². The molecule has 1 aliphatic heterocycles. The fourth-order valence-electron chi connectivity index (χ4n) is 4.54. The smallest absolute Gasteiger partial charge is 0.273 e. The van der Waals surface area contributed by atoms with Crippen LogP contribution in [0.3, 0.4) is 0 Å². The zero-order chi connectivity index (χ0) is 27.3. The molecule has 1 aliphatic rings. The van der Waals surface area contributed by atoms with Crippen LogP contribution >= 0.6 is 0 Å². The molecule has 0 bridgehead atoms. The molecule has 0 aliphatic carbocycles. The highest BCUT2D eigenvalue weighted by molar-refractivity contribution is 6.07. The van der Waals surface area contributed by atoms with Crippen molar-refractivity contribution in [3.05, 3.63) is 83.2 Å². The lowest BCUT2D eigenvalue weighted by molar-refractivity contribution is -0.133. The second-order valence-electron chi connectivity index (χ2n) is 9.37. The first-order valence-corrected chi connectivity index (χ1v) is 12.7. The van der Waals surface area contributed by atoms with Gasteiger partial charge < -0.3 is 24.8 Å². The van der Waals surface area contributed by atoms with Crippen molar-refractivity contribution in [1.29, 1.82) is 0 Å². The number of nitrogens with one attached hydrogen (secondary N) is 2. The summed E-state index contributed by atoms with van der Waals surface area (Å²) in [6, 6.07) is 13.2. The van der Waals surface area contributed by atoms with Crippen molar-refractivity contribution in [3.8, 4) is 5.75 Å². The van der Waals surface area contributed by atoms with Crippen LogP contribution in [0.2, 0.25) is 0 Å². The minimum atomic E-state index is -1.20. The topological polar surface area (TPSA) is 106 Å². The Kier molecular flexibility index (Phi) is 8.09. The SMILES string of the molecule is CCCN1C(=O)c2c(C(=O)NCc3ccc(OCC)cc3)ncn2C[C@]1(C)C(=O)NCc1ccc(F)cc1. The van der Waals surface area contributed by atoms with E-state index in [4.69, 9.17) is 4.74 Å². The summed E-state index contributed by atoms with van der Waals surface area (Å²) < 4.78 is 20.2. The molecule has 0 radical (unpaired) electrons. The van der Waals surface area contributed by atoms with Crippen molar-refractivity contribution in [2.75, 3.05) is 13.2 Å². The van der Waals surface area contributed by atoms with Crippen molar-refractivity contribution in [1.82, 2.24) is 25.1 Å². The zero-order valence-corrected chi connectivity index (χ0v) is 21.8. The van der Waals surface area contributed by atoms with Crippen LogP contribution in [0.1, 0.15) is 59.3 Å². The Morgan fingerprint density at radius 1 is 1.03 bits per heavy atom. The maximum atomic E-state index is 13.6. The third-order valence-corrected chi connectivity index (χ3v) is 6.56. The van der Waals surface area contributed by atoms with Crippen molar-refractivity contribution >= 4 is 17.7 Å². The number of halogens is 1. The quantitative estimate of drug-likeness (QED) is 0.426. The Balaban J connectivity index is 1.50. The minimum Gasteiger partial charge on any atom is -0.494 e. The molecular formula is C28H32FN5O4. The molecular weight excluding hydrogens is 489 g/mol. The van der Waals surface area contributed by atoms with Crippen molar-refractivity contribution in [2.45, 2.75) is 52.4 Å². The molecule has 0 saturated heterocycles. The number of aromatic nitrogens is 2. The van der Waals surface area contributed by atoms with E-state index < -0.39 is 17.4 Å². The number of benzene rings is 2. The molecule has 38 heavy (non-hydrogen) atoms. The molecule has 1 aromatic heterocycles. The van der Waals surface area contributed by atoms with Crippen LogP contribution < -0.4 is 15.4 Å². The Hall–Kier alpha value is -4.21. The van der Waals surface area contributed by atoms with E-state index in [2.05, 4.69) is 15.6 Å². The summed E-state index contributed by atoms with van der Waals surface area (Å²) in [7, 11) is 0. The Labute approximate surface area is 221 Å². The molecule has 10 heteroatoms. The van der Waals surface area contributed by atoms with Gasteiger partial charge in [0.1, 0.15) is 22.8 Å². The van der Waals surface area contributed by atoms with Gasteiger partial charge in [-0.2, -0.15) is 0 Å². The molecule has 0 spiro atoms. The summed E-state index contributed by atoms with van der Waals surface area (Å²) >= 11 is 0. The fraction of sp³-hybridized carbons (Fsp3) is 0.357. The maximum absolute atomic E-state index is 13.6. The van der Waals surface area contributed by atoms with E-state index in [1.807, 2.05) is 38.1 Å². The van der Waals surface area contributed by atoms with Crippen LogP contribution in [0.5, 0.6) is 5.75 Å². The monoisotopic (exact) mass is 521 g/mol. The van der Waals surface area contributed by atoms with Gasteiger partial charge in [0, 0.05) is 19.6 Å². The van der Waals surface area contributed by atoms with Gasteiger partial charge in [-0.15, -0.1) is 0 Å². The fourth-order valence-corrected chi connectivity index (χ4v) is 4.54. The second kappa shape index (κ2) is 11.5. The predicted molar refractivity (Wildman–Crippen MR) is 139 cm³/mol. The van der Waals surface area contributed by atoms with Crippen molar-refractivity contribution in [3.63, 3.8) is 0 Å². The molecule has 0 unspecified atom stereocenters. The lowest BCUT2D eigenvalue weighted by Crippen LogP contribution is -2.64. The maximum Gasteiger partial charge on any atom is 0.273 e. The van der Waals surface area contributed by atoms with Crippen LogP contribution in [0.25, 0.3) is 0 Å². The number of carbonyl (C=O) groups is 3. The van der Waals surface area contributed by atoms with E-state index in [9.17, 15) is 18.8 Å². The molecule has 0 fully saturated rings. The average molecular weight is 522 g/mol. The van der Waals surface area contributed by atoms with Gasteiger partial charge in [0.25, 0.3) is 11.8 Å². The highest BCUT2D eigenvalue weighted by Gasteiger charge is 2.48. The number of fused-ring (bicyclic) bond motifs is 1.